The third-order valence-electron chi connectivity index (χ3n) is 2.37. The standard InChI is InChI=1S/C10H13N5O3S/c1-18-9(17)7(11)4-19-3-6-2-8(16)15-10(14-6)12-5-13-15/h2,5,7H,3-4,11H2,1H3,(H,12,13,14). The highest BCUT2D eigenvalue weighted by Crippen LogP contribution is 2.10. The van der Waals surface area contributed by atoms with Crippen molar-refractivity contribution in [2.45, 2.75) is 11.8 Å². The summed E-state index contributed by atoms with van der Waals surface area (Å²) in [5.74, 6) is 0.737. The first kappa shape index (κ1) is 13.6. The fourth-order valence-corrected chi connectivity index (χ4v) is 2.32. The van der Waals surface area contributed by atoms with E-state index >= 15 is 0 Å². The van der Waals surface area contributed by atoms with Crippen molar-refractivity contribution in [3.63, 3.8) is 0 Å². The number of nitrogens with two attached hydrogens (primary N) is 1. The van der Waals surface area contributed by atoms with Gasteiger partial charge < -0.3 is 10.5 Å². The van der Waals surface area contributed by atoms with Crippen molar-refractivity contribution in [3.8, 4) is 0 Å². The van der Waals surface area contributed by atoms with Crippen molar-refractivity contribution >= 4 is 23.5 Å². The number of esters is 1. The number of nitrogens with one attached hydrogen (secondary N) is 1. The molecule has 102 valence electrons. The average Bonchev–Trinajstić information content (AvgIpc) is 2.86. The summed E-state index contributed by atoms with van der Waals surface area (Å²) in [7, 11) is 1.29. The van der Waals surface area contributed by atoms with Crippen LogP contribution in [0.25, 0.3) is 5.78 Å². The van der Waals surface area contributed by atoms with Gasteiger partial charge in [-0.15, -0.1) is 0 Å². The van der Waals surface area contributed by atoms with Gasteiger partial charge in [-0.1, -0.05) is 0 Å². The molecular formula is C10H13N5O3S. The Balaban J connectivity index is 1.98. The summed E-state index contributed by atoms with van der Waals surface area (Å²) < 4.78 is 5.77. The predicted octanol–water partition coefficient (Wildman–Crippen LogP) is -0.849. The second kappa shape index (κ2) is 5.85. The van der Waals surface area contributed by atoms with E-state index in [1.54, 1.807) is 0 Å². The van der Waals surface area contributed by atoms with Crippen molar-refractivity contribution in [2.75, 3.05) is 12.9 Å². The molecule has 0 saturated carbocycles. The maximum Gasteiger partial charge on any atom is 0.323 e. The summed E-state index contributed by atoms with van der Waals surface area (Å²) >= 11 is 1.40. The minimum absolute atomic E-state index is 0.227. The molecule has 2 rings (SSSR count). The van der Waals surface area contributed by atoms with Gasteiger partial charge in [0.25, 0.3) is 11.3 Å². The Kier molecular flexibility index (Phi) is 4.17. The second-order valence-electron chi connectivity index (χ2n) is 3.75. The zero-order chi connectivity index (χ0) is 13.8. The summed E-state index contributed by atoms with van der Waals surface area (Å²) in [4.78, 5) is 30.9. The van der Waals surface area contributed by atoms with E-state index in [9.17, 15) is 9.59 Å². The van der Waals surface area contributed by atoms with Crippen LogP contribution in [0.1, 0.15) is 5.69 Å². The first-order chi connectivity index (χ1) is 9.11. The van der Waals surface area contributed by atoms with E-state index in [-0.39, 0.29) is 5.56 Å². The van der Waals surface area contributed by atoms with Gasteiger partial charge in [-0.05, 0) is 0 Å². The molecule has 1 unspecified atom stereocenters. The Hall–Kier alpha value is -1.87. The maximum atomic E-state index is 11.7. The quantitative estimate of drug-likeness (QED) is 0.687. The summed E-state index contributed by atoms with van der Waals surface area (Å²) in [6.07, 6.45) is 1.40. The molecule has 0 bridgehead atoms. The van der Waals surface area contributed by atoms with E-state index in [4.69, 9.17) is 5.73 Å². The number of H-pyrrole nitrogens is 1. The third-order valence-corrected chi connectivity index (χ3v) is 3.47. The smallest absolute Gasteiger partial charge is 0.323 e. The van der Waals surface area contributed by atoms with Crippen LogP contribution in [-0.4, -0.2) is 44.5 Å². The van der Waals surface area contributed by atoms with Gasteiger partial charge in [0.15, 0.2) is 0 Å². The fourth-order valence-electron chi connectivity index (χ4n) is 1.45. The van der Waals surface area contributed by atoms with E-state index in [0.29, 0.717) is 23.0 Å². The highest BCUT2D eigenvalue weighted by molar-refractivity contribution is 7.98. The van der Waals surface area contributed by atoms with Gasteiger partial charge in [0, 0.05) is 17.6 Å². The van der Waals surface area contributed by atoms with Crippen LogP contribution >= 0.6 is 11.8 Å². The van der Waals surface area contributed by atoms with Gasteiger partial charge in [0.1, 0.15) is 12.4 Å². The third kappa shape index (κ3) is 3.12. The normalized spacial score (nSPS) is 12.5. The zero-order valence-corrected chi connectivity index (χ0v) is 11.0. The zero-order valence-electron chi connectivity index (χ0n) is 10.2. The SMILES string of the molecule is COC(=O)C(N)CSCc1cc(=O)n2[nH]cnc2n1. The molecule has 0 aliphatic carbocycles. The predicted molar refractivity (Wildman–Crippen MR) is 69.8 cm³/mol. The van der Waals surface area contributed by atoms with Gasteiger partial charge in [-0.3, -0.25) is 14.7 Å². The first-order valence-corrected chi connectivity index (χ1v) is 6.60. The molecule has 3 N–H and O–H groups in total. The lowest BCUT2D eigenvalue weighted by molar-refractivity contribution is -0.141. The molecule has 19 heavy (non-hydrogen) atoms. The Morgan fingerprint density at radius 2 is 2.47 bits per heavy atom. The number of nitrogens with zero attached hydrogens (tertiary/aromatic N) is 3. The van der Waals surface area contributed by atoms with Gasteiger partial charge in [0.2, 0.25) is 0 Å². The van der Waals surface area contributed by atoms with E-state index in [2.05, 4.69) is 19.8 Å². The van der Waals surface area contributed by atoms with Gasteiger partial charge in [-0.2, -0.15) is 16.3 Å². The lowest BCUT2D eigenvalue weighted by atomic mass is 10.4. The van der Waals surface area contributed by atoms with E-state index in [0.717, 1.165) is 0 Å². The first-order valence-electron chi connectivity index (χ1n) is 5.45. The van der Waals surface area contributed by atoms with Crippen molar-refractivity contribution < 1.29 is 9.53 Å². The van der Waals surface area contributed by atoms with Crippen molar-refractivity contribution in [1.29, 1.82) is 0 Å². The molecule has 1 atom stereocenters. The molecule has 2 aromatic heterocycles. The molecule has 9 heteroatoms. The number of thioether (sulfide) groups is 1. The van der Waals surface area contributed by atoms with Gasteiger partial charge in [-0.25, -0.2) is 9.97 Å². The summed E-state index contributed by atoms with van der Waals surface area (Å²) in [6.45, 7) is 0. The Morgan fingerprint density at radius 1 is 1.68 bits per heavy atom. The Morgan fingerprint density at radius 3 is 3.21 bits per heavy atom. The maximum absolute atomic E-state index is 11.7. The molecule has 8 nitrogen and oxygen atoms in total. The summed E-state index contributed by atoms with van der Waals surface area (Å²) in [5.41, 5.74) is 5.97. The number of carbonyl (C=O) groups is 1. The minimum Gasteiger partial charge on any atom is -0.468 e. The molecule has 0 fully saturated rings. The molecular weight excluding hydrogens is 270 g/mol. The number of rotatable bonds is 5. The molecule has 0 radical (unpaired) electrons. The van der Waals surface area contributed by atoms with Crippen LogP contribution in [0.4, 0.5) is 0 Å². The molecule has 0 saturated heterocycles. The fraction of sp³-hybridized carbons (Fsp3) is 0.400. The molecule has 0 spiro atoms. The number of aromatic nitrogens is 4. The summed E-state index contributed by atoms with van der Waals surface area (Å²) in [6, 6.07) is 0.743. The van der Waals surface area contributed by atoms with Crippen LogP contribution in [0.15, 0.2) is 17.2 Å². The van der Waals surface area contributed by atoms with Crippen molar-refractivity contribution in [3.05, 3.63) is 28.4 Å². The Labute approximate surface area is 112 Å². The lowest BCUT2D eigenvalue weighted by Crippen LogP contribution is -2.33. The van der Waals surface area contributed by atoms with Crippen LogP contribution in [0.5, 0.6) is 0 Å². The van der Waals surface area contributed by atoms with Crippen LogP contribution < -0.4 is 11.3 Å². The van der Waals surface area contributed by atoms with Crippen LogP contribution in [0, 0.1) is 0 Å². The van der Waals surface area contributed by atoms with Gasteiger partial charge in [0.05, 0.1) is 12.8 Å². The highest BCUT2D eigenvalue weighted by atomic mass is 32.2. The number of hydrogen-bond acceptors (Lipinski definition) is 7. The Bertz CT molecular complexity index is 637. The van der Waals surface area contributed by atoms with Crippen LogP contribution in [0.3, 0.4) is 0 Å². The highest BCUT2D eigenvalue weighted by Gasteiger charge is 2.13. The summed E-state index contributed by atoms with van der Waals surface area (Å²) in [5, 5.41) is 2.65. The van der Waals surface area contributed by atoms with Gasteiger partial charge >= 0.3 is 5.97 Å². The number of ether oxygens (including phenoxy) is 1. The molecule has 0 amide bonds. The minimum atomic E-state index is -0.676. The van der Waals surface area contributed by atoms with E-state index in [1.165, 1.54) is 35.8 Å². The monoisotopic (exact) mass is 283 g/mol. The molecule has 0 aliphatic heterocycles. The number of methoxy groups -OCH3 is 1. The van der Waals surface area contributed by atoms with E-state index < -0.39 is 12.0 Å². The van der Waals surface area contributed by atoms with Crippen LogP contribution in [-0.2, 0) is 15.3 Å². The second-order valence-corrected chi connectivity index (χ2v) is 4.78. The number of aromatic amines is 1. The topological polar surface area (TPSA) is 115 Å². The van der Waals surface area contributed by atoms with Crippen LogP contribution in [0.2, 0.25) is 0 Å². The molecule has 2 heterocycles. The largest absolute Gasteiger partial charge is 0.468 e. The van der Waals surface area contributed by atoms with Crippen molar-refractivity contribution in [2.24, 2.45) is 5.73 Å². The number of fused-ring (bicyclic) bond motifs is 1. The number of hydrogen-bond donors (Lipinski definition) is 2. The average molecular weight is 283 g/mol. The number of carbonyl (C=O) groups excluding carboxylic acids is 1. The molecule has 2 aromatic rings. The lowest BCUT2D eigenvalue weighted by Gasteiger charge is -2.08. The van der Waals surface area contributed by atoms with E-state index in [1.807, 2.05) is 0 Å². The van der Waals surface area contributed by atoms with Crippen molar-refractivity contribution in [1.82, 2.24) is 19.6 Å². The molecule has 0 aromatic carbocycles. The molecule has 0 aliphatic rings.